The number of amides is 1. The summed E-state index contributed by atoms with van der Waals surface area (Å²) in [6, 6.07) is 12.3. The summed E-state index contributed by atoms with van der Waals surface area (Å²) in [7, 11) is 0. The van der Waals surface area contributed by atoms with Crippen molar-refractivity contribution in [2.24, 2.45) is 5.10 Å². The number of carbonyl (C=O) groups is 2. The van der Waals surface area contributed by atoms with E-state index in [0.717, 1.165) is 10.2 Å². The van der Waals surface area contributed by atoms with Crippen LogP contribution in [-0.2, 0) is 14.3 Å². The van der Waals surface area contributed by atoms with E-state index in [2.05, 4.69) is 26.0 Å². The lowest BCUT2D eigenvalue weighted by Gasteiger charge is -2.28. The van der Waals surface area contributed by atoms with Crippen molar-refractivity contribution in [1.29, 1.82) is 0 Å². The molecule has 1 aromatic carbocycles. The maximum absolute atomic E-state index is 13.4. The van der Waals surface area contributed by atoms with Gasteiger partial charge < -0.3 is 4.74 Å². The highest BCUT2D eigenvalue weighted by atomic mass is 79.9. The second-order valence-corrected chi connectivity index (χ2v) is 7.00. The van der Waals surface area contributed by atoms with E-state index in [1.165, 1.54) is 0 Å². The molecule has 1 aliphatic rings. The van der Waals surface area contributed by atoms with Crippen LogP contribution in [0.2, 0.25) is 0 Å². The van der Waals surface area contributed by atoms with Crippen LogP contribution >= 0.6 is 15.9 Å². The Morgan fingerprint density at radius 2 is 1.96 bits per heavy atom. The number of aromatic nitrogens is 1. The van der Waals surface area contributed by atoms with Crippen molar-refractivity contribution in [1.82, 2.24) is 4.98 Å². The van der Waals surface area contributed by atoms with Crippen molar-refractivity contribution in [3.05, 3.63) is 53.1 Å². The molecule has 1 aromatic heterocycles. The van der Waals surface area contributed by atoms with Gasteiger partial charge in [-0.3, -0.25) is 14.7 Å². The van der Waals surface area contributed by atoms with Gasteiger partial charge in [0.05, 0.1) is 12.3 Å². The van der Waals surface area contributed by atoms with Crippen LogP contribution in [0, 0.1) is 0 Å². The molecule has 1 unspecified atom stereocenters. The van der Waals surface area contributed by atoms with Crippen molar-refractivity contribution in [2.45, 2.75) is 26.3 Å². The van der Waals surface area contributed by atoms with E-state index in [0.29, 0.717) is 12.4 Å². The molecular formula is C20H21BrN4O3. The normalized spacial score (nSPS) is 15.9. The third-order valence-corrected chi connectivity index (χ3v) is 4.77. The molecule has 146 valence electrons. The van der Waals surface area contributed by atoms with Crippen LogP contribution in [-0.4, -0.2) is 41.8 Å². The van der Waals surface area contributed by atoms with Gasteiger partial charge in [-0.15, -0.1) is 0 Å². The number of rotatable bonds is 6. The molecule has 0 saturated carbocycles. The molecule has 1 aliphatic heterocycles. The van der Waals surface area contributed by atoms with Gasteiger partial charge in [0, 0.05) is 23.6 Å². The van der Waals surface area contributed by atoms with Crippen molar-refractivity contribution >= 4 is 45.0 Å². The van der Waals surface area contributed by atoms with Crippen LogP contribution in [0.25, 0.3) is 0 Å². The van der Waals surface area contributed by atoms with Crippen LogP contribution in [0.3, 0.4) is 0 Å². The predicted octanol–water partition coefficient (Wildman–Crippen LogP) is 3.40. The number of carbonyl (C=O) groups excluding carboxylic acids is 2. The summed E-state index contributed by atoms with van der Waals surface area (Å²) in [6.07, 6.45) is 1.83. The number of ether oxygens (including phenoxy) is 1. The average molecular weight is 445 g/mol. The Morgan fingerprint density at radius 3 is 2.57 bits per heavy atom. The smallest absolute Gasteiger partial charge is 0.354 e. The first-order valence-electron chi connectivity index (χ1n) is 9.07. The second-order valence-electron chi connectivity index (χ2n) is 6.08. The summed E-state index contributed by atoms with van der Waals surface area (Å²) in [4.78, 5) is 31.5. The summed E-state index contributed by atoms with van der Waals surface area (Å²) < 4.78 is 5.92. The lowest BCUT2D eigenvalue weighted by molar-refractivity contribution is -0.135. The highest BCUT2D eigenvalue weighted by Crippen LogP contribution is 2.27. The summed E-state index contributed by atoms with van der Waals surface area (Å²) >= 11 is 3.35. The largest absolute Gasteiger partial charge is 0.461 e. The minimum atomic E-state index is -0.646. The highest BCUT2D eigenvalue weighted by molar-refractivity contribution is 9.10. The second kappa shape index (κ2) is 8.97. The molecule has 0 fully saturated rings. The van der Waals surface area contributed by atoms with Crippen LogP contribution in [0.1, 0.15) is 20.3 Å². The molecule has 2 heterocycles. The van der Waals surface area contributed by atoms with E-state index in [-0.39, 0.29) is 24.6 Å². The van der Waals surface area contributed by atoms with E-state index in [1.54, 1.807) is 29.1 Å². The third-order valence-electron chi connectivity index (χ3n) is 4.30. The summed E-state index contributed by atoms with van der Waals surface area (Å²) in [5.41, 5.74) is 0.976. The minimum Gasteiger partial charge on any atom is -0.461 e. The number of anilines is 2. The zero-order chi connectivity index (χ0) is 20.1. The quantitative estimate of drug-likeness (QED) is 0.638. The minimum absolute atomic E-state index is 0.177. The number of nitrogens with zero attached hydrogens (tertiary/aromatic N) is 4. The molecule has 0 radical (unpaired) electrons. The molecular weight excluding hydrogens is 424 g/mol. The Bertz CT molecular complexity index is 871. The molecule has 7 nitrogen and oxygen atoms in total. The first kappa shape index (κ1) is 20.0. The SMILES string of the molecule is CCOC(=O)C1=NN(c2ccccc2)C(C(=O)N(CC)c2ccc(Br)cn2)C1. The lowest BCUT2D eigenvalue weighted by Crippen LogP contribution is -2.46. The number of hydrogen-bond acceptors (Lipinski definition) is 6. The summed E-state index contributed by atoms with van der Waals surface area (Å²) in [6.45, 7) is 4.33. The van der Waals surface area contributed by atoms with Crippen molar-refractivity contribution in [3.63, 3.8) is 0 Å². The molecule has 2 aromatic rings. The first-order chi connectivity index (χ1) is 13.5. The van der Waals surface area contributed by atoms with Gasteiger partial charge in [-0.05, 0) is 54.0 Å². The molecule has 0 aliphatic carbocycles. The van der Waals surface area contributed by atoms with Gasteiger partial charge in [0.2, 0.25) is 0 Å². The number of pyridine rings is 1. The van der Waals surface area contributed by atoms with Crippen molar-refractivity contribution < 1.29 is 14.3 Å². The van der Waals surface area contributed by atoms with Crippen LogP contribution in [0.15, 0.2) is 58.2 Å². The lowest BCUT2D eigenvalue weighted by atomic mass is 10.1. The van der Waals surface area contributed by atoms with Crippen LogP contribution in [0.4, 0.5) is 11.5 Å². The van der Waals surface area contributed by atoms with Gasteiger partial charge in [-0.1, -0.05) is 18.2 Å². The third kappa shape index (κ3) is 4.22. The predicted molar refractivity (Wildman–Crippen MR) is 111 cm³/mol. The Balaban J connectivity index is 1.92. The number of likely N-dealkylation sites (N-methyl/N-ethyl adjacent to an activating group) is 1. The molecule has 28 heavy (non-hydrogen) atoms. The van der Waals surface area contributed by atoms with Crippen molar-refractivity contribution in [3.8, 4) is 0 Å². The molecule has 1 atom stereocenters. The molecule has 1 amide bonds. The average Bonchev–Trinajstić information content (AvgIpc) is 3.16. The van der Waals surface area contributed by atoms with Crippen molar-refractivity contribution in [2.75, 3.05) is 23.1 Å². The molecule has 0 bridgehead atoms. The van der Waals surface area contributed by atoms with E-state index in [9.17, 15) is 9.59 Å². The summed E-state index contributed by atoms with van der Waals surface area (Å²) in [5, 5.41) is 6.00. The number of para-hydroxylation sites is 1. The molecule has 0 spiro atoms. The van der Waals surface area contributed by atoms with Gasteiger partial charge >= 0.3 is 5.97 Å². The highest BCUT2D eigenvalue weighted by Gasteiger charge is 2.39. The summed E-state index contributed by atoms with van der Waals surface area (Å²) in [5.74, 6) is -0.124. The van der Waals surface area contributed by atoms with E-state index >= 15 is 0 Å². The van der Waals surface area contributed by atoms with E-state index < -0.39 is 12.0 Å². The molecule has 0 saturated heterocycles. The van der Waals surface area contributed by atoms with Gasteiger partial charge in [-0.2, -0.15) is 5.10 Å². The van der Waals surface area contributed by atoms with Crippen LogP contribution in [0.5, 0.6) is 0 Å². The fourth-order valence-electron chi connectivity index (χ4n) is 3.00. The monoisotopic (exact) mass is 444 g/mol. The maximum Gasteiger partial charge on any atom is 0.354 e. The fourth-order valence-corrected chi connectivity index (χ4v) is 3.23. The van der Waals surface area contributed by atoms with Gasteiger partial charge in [-0.25, -0.2) is 9.78 Å². The van der Waals surface area contributed by atoms with Crippen LogP contribution < -0.4 is 9.91 Å². The van der Waals surface area contributed by atoms with E-state index in [1.807, 2.05) is 43.3 Å². The van der Waals surface area contributed by atoms with Gasteiger partial charge in [0.1, 0.15) is 17.6 Å². The first-order valence-corrected chi connectivity index (χ1v) is 9.86. The van der Waals surface area contributed by atoms with Gasteiger partial charge in [0.25, 0.3) is 5.91 Å². The zero-order valence-corrected chi connectivity index (χ0v) is 17.3. The number of esters is 1. The Labute approximate surface area is 172 Å². The fraction of sp³-hybridized carbons (Fsp3) is 0.300. The number of halogens is 1. The number of hydrazone groups is 1. The number of benzene rings is 1. The molecule has 0 N–H and O–H groups in total. The van der Waals surface area contributed by atoms with Gasteiger partial charge in [0.15, 0.2) is 0 Å². The molecule has 3 rings (SSSR count). The molecule has 8 heteroatoms. The number of hydrogen-bond donors (Lipinski definition) is 0. The zero-order valence-electron chi connectivity index (χ0n) is 15.7. The van der Waals surface area contributed by atoms with E-state index in [4.69, 9.17) is 4.74 Å². The maximum atomic E-state index is 13.4. The standard InChI is InChI=1S/C20H21BrN4O3/c1-3-24(18-11-10-14(21)13-22-18)19(26)17-12-16(20(27)28-4-2)23-25(17)15-8-6-5-7-9-15/h5-11,13,17H,3-4,12H2,1-2H3. The Morgan fingerprint density at radius 1 is 1.21 bits per heavy atom. The topological polar surface area (TPSA) is 75.1 Å². The Kier molecular flexibility index (Phi) is 6.41. The Hall–Kier alpha value is -2.74.